The van der Waals surface area contributed by atoms with Crippen LogP contribution in [0.15, 0.2) is 91.0 Å². The number of hydrogen-bond donors (Lipinski definition) is 1. The Kier molecular flexibility index (Phi) is 6.79. The lowest BCUT2D eigenvalue weighted by molar-refractivity contribution is -0.118. The molecule has 2 amide bonds. The van der Waals surface area contributed by atoms with Crippen LogP contribution in [0.25, 0.3) is 0 Å². The first-order chi connectivity index (χ1) is 18.4. The summed E-state index contributed by atoms with van der Waals surface area (Å²) in [7, 11) is 3.10. The van der Waals surface area contributed by atoms with E-state index >= 15 is 0 Å². The number of ether oxygens (including phenoxy) is 2. The van der Waals surface area contributed by atoms with Crippen molar-refractivity contribution in [3.8, 4) is 11.5 Å². The highest BCUT2D eigenvalue weighted by atomic mass is 19.1. The van der Waals surface area contributed by atoms with E-state index in [1.165, 1.54) is 6.07 Å². The smallest absolute Gasteiger partial charge is 0.259 e. The summed E-state index contributed by atoms with van der Waals surface area (Å²) in [5.41, 5.74) is 1.92. The zero-order valence-corrected chi connectivity index (χ0v) is 20.7. The van der Waals surface area contributed by atoms with Crippen molar-refractivity contribution in [2.45, 2.75) is 12.0 Å². The molecule has 4 aromatic rings. The highest BCUT2D eigenvalue weighted by Gasteiger charge is 2.45. The van der Waals surface area contributed by atoms with Gasteiger partial charge in [-0.05, 0) is 65.7 Å². The first kappa shape index (κ1) is 25.0. The number of benzene rings is 4. The SMILES string of the molecule is COc1ccc(C2C(C(=O)Nc3ccc(F)cc3F)c3ccccc3C(=O)N2c2ccc(OC)cc2)cc1. The van der Waals surface area contributed by atoms with Crippen molar-refractivity contribution in [3.05, 3.63) is 119 Å². The minimum atomic E-state index is -0.927. The van der Waals surface area contributed by atoms with Gasteiger partial charge < -0.3 is 14.8 Å². The molecule has 6 nitrogen and oxygen atoms in total. The van der Waals surface area contributed by atoms with Crippen LogP contribution in [-0.4, -0.2) is 26.0 Å². The summed E-state index contributed by atoms with van der Waals surface area (Å²) in [5.74, 6) is -2.19. The molecule has 192 valence electrons. The Morgan fingerprint density at radius 2 is 1.47 bits per heavy atom. The summed E-state index contributed by atoms with van der Waals surface area (Å²) in [5, 5.41) is 2.61. The van der Waals surface area contributed by atoms with Gasteiger partial charge in [-0.3, -0.25) is 14.5 Å². The number of anilines is 2. The Hall–Kier alpha value is -4.72. The molecular weight excluding hydrogens is 490 g/mol. The number of halogens is 2. The number of hydrogen-bond acceptors (Lipinski definition) is 4. The van der Waals surface area contributed by atoms with E-state index in [4.69, 9.17) is 9.47 Å². The normalized spacial score (nSPS) is 16.5. The average molecular weight is 515 g/mol. The Morgan fingerprint density at radius 3 is 2.11 bits per heavy atom. The van der Waals surface area contributed by atoms with Crippen molar-refractivity contribution in [2.75, 3.05) is 24.4 Å². The summed E-state index contributed by atoms with van der Waals surface area (Å²) < 4.78 is 38.6. The minimum absolute atomic E-state index is 0.157. The third kappa shape index (κ3) is 4.56. The van der Waals surface area contributed by atoms with Gasteiger partial charge in [0.05, 0.1) is 31.9 Å². The predicted molar refractivity (Wildman–Crippen MR) is 140 cm³/mol. The zero-order chi connectivity index (χ0) is 26.8. The van der Waals surface area contributed by atoms with E-state index in [9.17, 15) is 18.4 Å². The molecule has 38 heavy (non-hydrogen) atoms. The molecule has 0 radical (unpaired) electrons. The van der Waals surface area contributed by atoms with E-state index in [1.54, 1.807) is 91.9 Å². The first-order valence-electron chi connectivity index (χ1n) is 11.9. The fourth-order valence-electron chi connectivity index (χ4n) is 4.79. The zero-order valence-electron chi connectivity index (χ0n) is 20.7. The van der Waals surface area contributed by atoms with Gasteiger partial charge in [-0.2, -0.15) is 0 Å². The Bertz CT molecular complexity index is 1490. The van der Waals surface area contributed by atoms with Crippen LogP contribution in [0.3, 0.4) is 0 Å². The van der Waals surface area contributed by atoms with Gasteiger partial charge in [0, 0.05) is 17.3 Å². The third-order valence-electron chi connectivity index (χ3n) is 6.62. The molecule has 0 saturated heterocycles. The molecule has 8 heteroatoms. The van der Waals surface area contributed by atoms with Crippen molar-refractivity contribution in [1.29, 1.82) is 0 Å². The third-order valence-corrected chi connectivity index (χ3v) is 6.62. The molecular formula is C30H24F2N2O4. The van der Waals surface area contributed by atoms with E-state index in [0.717, 1.165) is 6.07 Å². The molecule has 0 bridgehead atoms. The lowest BCUT2D eigenvalue weighted by Gasteiger charge is -2.42. The second kappa shape index (κ2) is 10.3. The van der Waals surface area contributed by atoms with E-state index < -0.39 is 29.5 Å². The van der Waals surface area contributed by atoms with Crippen molar-refractivity contribution >= 4 is 23.2 Å². The van der Waals surface area contributed by atoms with Gasteiger partial charge in [0.25, 0.3) is 5.91 Å². The lowest BCUT2D eigenvalue weighted by Crippen LogP contribution is -2.46. The maximum Gasteiger partial charge on any atom is 0.259 e. The number of carbonyl (C=O) groups is 2. The molecule has 0 saturated carbocycles. The van der Waals surface area contributed by atoms with Gasteiger partial charge in [-0.1, -0.05) is 30.3 Å². The van der Waals surface area contributed by atoms with Gasteiger partial charge in [0.2, 0.25) is 5.91 Å². The maximum atomic E-state index is 14.5. The van der Waals surface area contributed by atoms with Gasteiger partial charge in [0.1, 0.15) is 23.1 Å². The fourth-order valence-corrected chi connectivity index (χ4v) is 4.79. The van der Waals surface area contributed by atoms with E-state index in [0.29, 0.717) is 39.9 Å². The molecule has 2 unspecified atom stereocenters. The number of fused-ring (bicyclic) bond motifs is 1. The van der Waals surface area contributed by atoms with Crippen molar-refractivity contribution in [3.63, 3.8) is 0 Å². The van der Waals surface area contributed by atoms with Crippen LogP contribution in [0.2, 0.25) is 0 Å². The summed E-state index contributed by atoms with van der Waals surface area (Å²) in [6.45, 7) is 0. The van der Waals surface area contributed by atoms with E-state index in [2.05, 4.69) is 5.32 Å². The van der Waals surface area contributed by atoms with Crippen LogP contribution in [0.5, 0.6) is 11.5 Å². The number of rotatable bonds is 6. The lowest BCUT2D eigenvalue weighted by atomic mass is 9.78. The molecule has 1 aliphatic rings. The quantitative estimate of drug-likeness (QED) is 0.337. The predicted octanol–water partition coefficient (Wildman–Crippen LogP) is 6.11. The Morgan fingerprint density at radius 1 is 0.842 bits per heavy atom. The second-order valence-electron chi connectivity index (χ2n) is 8.77. The number of methoxy groups -OCH3 is 2. The Labute approximate surface area is 218 Å². The van der Waals surface area contributed by atoms with Crippen LogP contribution < -0.4 is 19.7 Å². The highest BCUT2D eigenvalue weighted by molar-refractivity contribution is 6.12. The van der Waals surface area contributed by atoms with Gasteiger partial charge >= 0.3 is 0 Å². The number of nitrogens with zero attached hydrogens (tertiary/aromatic N) is 1. The van der Waals surface area contributed by atoms with Crippen LogP contribution in [0, 0.1) is 11.6 Å². The molecule has 1 aliphatic heterocycles. The average Bonchev–Trinajstić information content (AvgIpc) is 2.94. The number of carbonyl (C=O) groups excluding carboxylic acids is 2. The monoisotopic (exact) mass is 514 g/mol. The first-order valence-corrected chi connectivity index (χ1v) is 11.9. The molecule has 0 aliphatic carbocycles. The topological polar surface area (TPSA) is 67.9 Å². The molecule has 1 heterocycles. The standard InChI is InChI=1S/C30H24F2N2O4/c1-37-21-12-7-18(8-13-21)28-27(29(35)33-26-16-9-19(31)17-25(26)32)23-5-3-4-6-24(23)30(36)34(28)20-10-14-22(38-2)15-11-20/h3-17,27-28H,1-2H3,(H,33,35). The van der Waals surface area contributed by atoms with Crippen molar-refractivity contribution in [2.24, 2.45) is 0 Å². The minimum Gasteiger partial charge on any atom is -0.497 e. The summed E-state index contributed by atoms with van der Waals surface area (Å²) in [4.78, 5) is 29.4. The largest absolute Gasteiger partial charge is 0.497 e. The number of amides is 2. The summed E-state index contributed by atoms with van der Waals surface area (Å²) in [6, 6.07) is 23.1. The summed E-state index contributed by atoms with van der Waals surface area (Å²) >= 11 is 0. The molecule has 0 spiro atoms. The number of nitrogens with one attached hydrogen (secondary N) is 1. The molecule has 4 aromatic carbocycles. The Balaban J connectivity index is 1.68. The van der Waals surface area contributed by atoms with Gasteiger partial charge in [-0.25, -0.2) is 8.78 Å². The van der Waals surface area contributed by atoms with Crippen LogP contribution in [0.1, 0.15) is 33.4 Å². The van der Waals surface area contributed by atoms with E-state index in [1.807, 2.05) is 0 Å². The van der Waals surface area contributed by atoms with E-state index in [-0.39, 0.29) is 11.6 Å². The van der Waals surface area contributed by atoms with Gasteiger partial charge in [-0.15, -0.1) is 0 Å². The van der Waals surface area contributed by atoms with Gasteiger partial charge in [0.15, 0.2) is 0 Å². The van der Waals surface area contributed by atoms with Crippen LogP contribution in [-0.2, 0) is 4.79 Å². The maximum absolute atomic E-state index is 14.5. The molecule has 0 fully saturated rings. The summed E-state index contributed by atoms with van der Waals surface area (Å²) in [6.07, 6.45) is 0. The highest BCUT2D eigenvalue weighted by Crippen LogP contribution is 2.46. The molecule has 5 rings (SSSR count). The van der Waals surface area contributed by atoms with Crippen molar-refractivity contribution < 1.29 is 27.8 Å². The van der Waals surface area contributed by atoms with Crippen molar-refractivity contribution in [1.82, 2.24) is 0 Å². The molecule has 1 N–H and O–H groups in total. The van der Waals surface area contributed by atoms with Crippen LogP contribution in [0.4, 0.5) is 20.2 Å². The second-order valence-corrected chi connectivity index (χ2v) is 8.77. The molecule has 2 atom stereocenters. The fraction of sp³-hybridized carbons (Fsp3) is 0.133. The van der Waals surface area contributed by atoms with Crippen LogP contribution >= 0.6 is 0 Å². The molecule has 0 aromatic heterocycles.